The summed E-state index contributed by atoms with van der Waals surface area (Å²) < 4.78 is 16.2. The molecule has 0 atom stereocenters. The van der Waals surface area contributed by atoms with Gasteiger partial charge in [-0.05, 0) is 42.3 Å². The lowest BCUT2D eigenvalue weighted by Gasteiger charge is -2.15. The molecular formula is C20H21Cl2NO4. The third kappa shape index (κ3) is 5.81. The summed E-state index contributed by atoms with van der Waals surface area (Å²) in [5.74, 6) is 1.38. The van der Waals surface area contributed by atoms with Crippen LogP contribution in [0.15, 0.2) is 43.0 Å². The molecule has 0 saturated heterocycles. The number of halogens is 2. The maximum absolute atomic E-state index is 12.1. The van der Waals surface area contributed by atoms with Crippen LogP contribution in [0.1, 0.15) is 11.1 Å². The number of allylic oxidation sites excluding steroid dienone is 1. The average molecular weight is 410 g/mol. The van der Waals surface area contributed by atoms with Crippen LogP contribution in [0.4, 0.5) is 0 Å². The van der Waals surface area contributed by atoms with Crippen LogP contribution in [-0.2, 0) is 17.8 Å². The van der Waals surface area contributed by atoms with Crippen molar-refractivity contribution in [3.05, 3.63) is 64.2 Å². The first-order valence-electron chi connectivity index (χ1n) is 8.17. The van der Waals surface area contributed by atoms with Crippen LogP contribution in [0.25, 0.3) is 0 Å². The normalized spacial score (nSPS) is 10.2. The first-order valence-corrected chi connectivity index (χ1v) is 8.93. The number of carbonyl (C=O) groups excluding carboxylic acids is 1. The topological polar surface area (TPSA) is 56.8 Å². The predicted octanol–water partition coefficient (Wildman–Crippen LogP) is 4.43. The average Bonchev–Trinajstić information content (AvgIpc) is 2.65. The van der Waals surface area contributed by atoms with Crippen LogP contribution < -0.4 is 19.5 Å². The fourth-order valence-electron chi connectivity index (χ4n) is 2.50. The number of methoxy groups -OCH3 is 2. The second-order valence-electron chi connectivity index (χ2n) is 5.62. The zero-order chi connectivity index (χ0) is 19.8. The van der Waals surface area contributed by atoms with E-state index in [0.717, 1.165) is 11.1 Å². The quantitative estimate of drug-likeness (QED) is 0.622. The second kappa shape index (κ2) is 10.1. The maximum atomic E-state index is 12.1. The molecule has 7 heteroatoms. The van der Waals surface area contributed by atoms with Crippen molar-refractivity contribution in [2.24, 2.45) is 0 Å². The van der Waals surface area contributed by atoms with Crippen LogP contribution in [0.2, 0.25) is 10.0 Å². The minimum Gasteiger partial charge on any atom is -0.493 e. The summed E-state index contributed by atoms with van der Waals surface area (Å²) in [7, 11) is 3.16. The first kappa shape index (κ1) is 20.9. The lowest BCUT2D eigenvalue weighted by Crippen LogP contribution is -2.28. The van der Waals surface area contributed by atoms with Crippen molar-refractivity contribution in [1.29, 1.82) is 0 Å². The summed E-state index contributed by atoms with van der Waals surface area (Å²) in [4.78, 5) is 12.1. The van der Waals surface area contributed by atoms with Crippen LogP contribution in [0.3, 0.4) is 0 Å². The van der Waals surface area contributed by atoms with Crippen molar-refractivity contribution in [3.63, 3.8) is 0 Å². The van der Waals surface area contributed by atoms with E-state index in [0.29, 0.717) is 40.3 Å². The van der Waals surface area contributed by atoms with Crippen molar-refractivity contribution < 1.29 is 19.0 Å². The Hall–Kier alpha value is -2.37. The number of hydrogen-bond acceptors (Lipinski definition) is 4. The number of nitrogens with one attached hydrogen (secondary N) is 1. The van der Waals surface area contributed by atoms with Crippen LogP contribution >= 0.6 is 23.2 Å². The van der Waals surface area contributed by atoms with E-state index >= 15 is 0 Å². The second-order valence-corrected chi connectivity index (χ2v) is 6.47. The van der Waals surface area contributed by atoms with Crippen molar-refractivity contribution in [1.82, 2.24) is 5.32 Å². The lowest BCUT2D eigenvalue weighted by atomic mass is 10.1. The van der Waals surface area contributed by atoms with E-state index in [1.54, 1.807) is 38.5 Å². The molecule has 27 heavy (non-hydrogen) atoms. The van der Waals surface area contributed by atoms with Gasteiger partial charge in [-0.1, -0.05) is 29.3 Å². The molecule has 5 nitrogen and oxygen atoms in total. The molecule has 0 radical (unpaired) electrons. The highest BCUT2D eigenvalue weighted by molar-refractivity contribution is 6.35. The van der Waals surface area contributed by atoms with Crippen LogP contribution in [0.5, 0.6) is 17.2 Å². The monoisotopic (exact) mass is 409 g/mol. The van der Waals surface area contributed by atoms with E-state index in [1.165, 1.54) is 0 Å². The highest BCUT2D eigenvalue weighted by Gasteiger charge is 2.13. The van der Waals surface area contributed by atoms with Gasteiger partial charge in [0.2, 0.25) is 0 Å². The van der Waals surface area contributed by atoms with Gasteiger partial charge in [-0.15, -0.1) is 6.58 Å². The zero-order valence-electron chi connectivity index (χ0n) is 15.2. The van der Waals surface area contributed by atoms with Gasteiger partial charge in [-0.3, -0.25) is 4.79 Å². The van der Waals surface area contributed by atoms with Gasteiger partial charge in [0.15, 0.2) is 18.1 Å². The third-order valence-electron chi connectivity index (χ3n) is 3.72. The molecule has 0 aliphatic carbocycles. The van der Waals surface area contributed by atoms with E-state index < -0.39 is 0 Å². The van der Waals surface area contributed by atoms with Gasteiger partial charge >= 0.3 is 0 Å². The fraction of sp³-hybridized carbons (Fsp3) is 0.250. The molecule has 0 aromatic heterocycles. The summed E-state index contributed by atoms with van der Waals surface area (Å²) in [6, 6.07) is 8.59. The molecule has 144 valence electrons. The molecule has 0 bridgehead atoms. The minimum absolute atomic E-state index is 0.159. The highest BCUT2D eigenvalue weighted by atomic mass is 35.5. The minimum atomic E-state index is -0.277. The lowest BCUT2D eigenvalue weighted by molar-refractivity contribution is -0.123. The van der Waals surface area contributed by atoms with Gasteiger partial charge in [-0.2, -0.15) is 0 Å². The smallest absolute Gasteiger partial charge is 0.258 e. The van der Waals surface area contributed by atoms with E-state index in [1.807, 2.05) is 12.1 Å². The van der Waals surface area contributed by atoms with E-state index in [-0.39, 0.29) is 12.5 Å². The Balaban J connectivity index is 1.99. The molecule has 0 heterocycles. The van der Waals surface area contributed by atoms with Gasteiger partial charge in [0.25, 0.3) is 5.91 Å². The molecule has 0 saturated carbocycles. The Morgan fingerprint density at radius 3 is 2.56 bits per heavy atom. The van der Waals surface area contributed by atoms with Gasteiger partial charge in [0.05, 0.1) is 19.2 Å². The SMILES string of the molecule is C=CCc1cc(CNC(=O)COc2ccc(Cl)cc2Cl)cc(OC)c1OC. The van der Waals surface area contributed by atoms with Crippen molar-refractivity contribution in [2.45, 2.75) is 13.0 Å². The summed E-state index contributed by atoms with van der Waals surface area (Å²) in [5.41, 5.74) is 1.81. The molecule has 2 aromatic rings. The molecule has 1 N–H and O–H groups in total. The summed E-state index contributed by atoms with van der Waals surface area (Å²) >= 11 is 11.9. The molecule has 1 amide bonds. The summed E-state index contributed by atoms with van der Waals surface area (Å²) in [5, 5.41) is 3.65. The molecule has 0 fully saturated rings. The molecule has 2 rings (SSSR count). The first-order chi connectivity index (χ1) is 13.0. The van der Waals surface area contributed by atoms with E-state index in [2.05, 4.69) is 11.9 Å². The number of amides is 1. The number of rotatable bonds is 9. The Labute approximate surface area is 168 Å². The van der Waals surface area contributed by atoms with Crippen molar-refractivity contribution >= 4 is 29.1 Å². The third-order valence-corrected chi connectivity index (χ3v) is 4.25. The van der Waals surface area contributed by atoms with Gasteiger partial charge in [-0.25, -0.2) is 0 Å². The Bertz CT molecular complexity index is 824. The molecule has 0 aliphatic heterocycles. The van der Waals surface area contributed by atoms with Crippen LogP contribution in [-0.4, -0.2) is 26.7 Å². The molecule has 2 aromatic carbocycles. The standard InChI is InChI=1S/C20H21Cl2NO4/c1-4-5-14-8-13(9-18(25-2)20(14)26-3)11-23-19(24)12-27-17-7-6-15(21)10-16(17)22/h4,6-10H,1,5,11-12H2,2-3H3,(H,23,24). The number of benzene rings is 2. The van der Waals surface area contributed by atoms with Crippen molar-refractivity contribution in [3.8, 4) is 17.2 Å². The van der Waals surface area contributed by atoms with Gasteiger partial charge < -0.3 is 19.5 Å². The van der Waals surface area contributed by atoms with E-state index in [9.17, 15) is 4.79 Å². The van der Waals surface area contributed by atoms with E-state index in [4.69, 9.17) is 37.4 Å². The van der Waals surface area contributed by atoms with Gasteiger partial charge in [0.1, 0.15) is 5.75 Å². The van der Waals surface area contributed by atoms with Crippen molar-refractivity contribution in [2.75, 3.05) is 20.8 Å². The predicted molar refractivity (Wildman–Crippen MR) is 107 cm³/mol. The fourth-order valence-corrected chi connectivity index (χ4v) is 2.97. The highest BCUT2D eigenvalue weighted by Crippen LogP contribution is 2.33. The Morgan fingerprint density at radius 1 is 1.15 bits per heavy atom. The molecule has 0 unspecified atom stereocenters. The largest absolute Gasteiger partial charge is 0.493 e. The number of hydrogen-bond donors (Lipinski definition) is 1. The zero-order valence-corrected chi connectivity index (χ0v) is 16.7. The number of ether oxygens (including phenoxy) is 3. The Morgan fingerprint density at radius 2 is 1.93 bits per heavy atom. The molecular weight excluding hydrogens is 389 g/mol. The summed E-state index contributed by atoms with van der Waals surface area (Å²) in [6.45, 7) is 3.92. The number of carbonyl (C=O) groups is 1. The maximum Gasteiger partial charge on any atom is 0.258 e. The molecule has 0 aliphatic rings. The van der Waals surface area contributed by atoms with Crippen LogP contribution in [0, 0.1) is 0 Å². The summed E-state index contributed by atoms with van der Waals surface area (Å²) in [6.07, 6.45) is 2.41. The van der Waals surface area contributed by atoms with Gasteiger partial charge in [0, 0.05) is 17.1 Å². The Kier molecular flexibility index (Phi) is 7.82. The molecule has 0 spiro atoms.